The minimum atomic E-state index is -3.63. The summed E-state index contributed by atoms with van der Waals surface area (Å²) in [7, 11) is -3.63. The summed E-state index contributed by atoms with van der Waals surface area (Å²) < 4.78 is 34.1. The van der Waals surface area contributed by atoms with Crippen molar-refractivity contribution in [2.75, 3.05) is 6.61 Å². The Morgan fingerprint density at radius 3 is 2.83 bits per heavy atom. The molecule has 24 heavy (non-hydrogen) atoms. The van der Waals surface area contributed by atoms with Crippen LogP contribution in [0.15, 0.2) is 57.4 Å². The van der Waals surface area contributed by atoms with E-state index in [2.05, 4.69) is 4.72 Å². The number of sulfonamides is 1. The van der Waals surface area contributed by atoms with Crippen LogP contribution in [0.2, 0.25) is 0 Å². The van der Waals surface area contributed by atoms with Gasteiger partial charge in [0.1, 0.15) is 5.75 Å². The average molecular weight is 378 g/mol. The fourth-order valence-corrected chi connectivity index (χ4v) is 5.56. The highest BCUT2D eigenvalue weighted by Gasteiger charge is 2.25. The average Bonchev–Trinajstić information content (AvgIpc) is 3.34. The molecule has 0 unspecified atom stereocenters. The summed E-state index contributed by atoms with van der Waals surface area (Å²) in [6, 6.07) is 10.5. The van der Waals surface area contributed by atoms with Gasteiger partial charge in [-0.15, -0.1) is 11.3 Å². The topological polar surface area (TPSA) is 55.4 Å². The molecule has 2 aromatic heterocycles. The highest BCUT2D eigenvalue weighted by atomic mass is 32.2. The van der Waals surface area contributed by atoms with E-state index in [9.17, 15) is 8.42 Å². The van der Waals surface area contributed by atoms with Gasteiger partial charge < -0.3 is 4.74 Å². The van der Waals surface area contributed by atoms with E-state index in [0.717, 1.165) is 28.2 Å². The van der Waals surface area contributed by atoms with Crippen LogP contribution in [-0.2, 0) is 16.4 Å². The molecule has 1 aromatic carbocycles. The second-order valence-corrected chi connectivity index (χ2v) is 8.97. The van der Waals surface area contributed by atoms with Gasteiger partial charge in [0, 0.05) is 11.3 Å². The van der Waals surface area contributed by atoms with E-state index in [-0.39, 0.29) is 10.9 Å². The second kappa shape index (κ2) is 6.33. The predicted octanol–water partition coefficient (Wildman–Crippen LogP) is 3.81. The van der Waals surface area contributed by atoms with E-state index in [1.807, 2.05) is 34.3 Å². The summed E-state index contributed by atoms with van der Waals surface area (Å²) in [5.41, 5.74) is 1.90. The van der Waals surface area contributed by atoms with E-state index < -0.39 is 10.0 Å². The molecule has 1 aliphatic heterocycles. The molecule has 0 amide bonds. The number of fused-ring (bicyclic) bond motifs is 1. The number of hydrogen-bond donors (Lipinski definition) is 1. The van der Waals surface area contributed by atoms with Crippen LogP contribution in [-0.4, -0.2) is 15.0 Å². The number of rotatable bonds is 5. The minimum absolute atomic E-state index is 0.281. The van der Waals surface area contributed by atoms with Gasteiger partial charge in [-0.25, -0.2) is 8.42 Å². The van der Waals surface area contributed by atoms with Crippen LogP contribution >= 0.6 is 22.7 Å². The van der Waals surface area contributed by atoms with Gasteiger partial charge in [0.15, 0.2) is 0 Å². The summed E-state index contributed by atoms with van der Waals surface area (Å²) in [6.45, 7) is 0.610. The molecule has 4 rings (SSSR count). The fourth-order valence-electron chi connectivity index (χ4n) is 2.74. The van der Waals surface area contributed by atoms with E-state index >= 15 is 0 Å². The maximum atomic E-state index is 12.9. The van der Waals surface area contributed by atoms with Crippen molar-refractivity contribution in [3.05, 3.63) is 68.5 Å². The third-order valence-corrected chi connectivity index (χ3v) is 7.01. The maximum absolute atomic E-state index is 12.9. The van der Waals surface area contributed by atoms with Gasteiger partial charge in [-0.1, -0.05) is 6.07 Å². The van der Waals surface area contributed by atoms with Crippen molar-refractivity contribution in [3.8, 4) is 5.75 Å². The van der Waals surface area contributed by atoms with Gasteiger partial charge in [-0.05, 0) is 57.6 Å². The highest BCUT2D eigenvalue weighted by molar-refractivity contribution is 7.89. The Labute approximate surface area is 148 Å². The van der Waals surface area contributed by atoms with E-state index in [1.165, 1.54) is 0 Å². The smallest absolute Gasteiger partial charge is 0.241 e. The molecule has 1 N–H and O–H groups in total. The van der Waals surface area contributed by atoms with Crippen molar-refractivity contribution in [1.29, 1.82) is 0 Å². The van der Waals surface area contributed by atoms with Crippen LogP contribution in [0.1, 0.15) is 22.0 Å². The molecule has 7 heteroatoms. The molecule has 3 aromatic rings. The van der Waals surface area contributed by atoms with Crippen molar-refractivity contribution < 1.29 is 13.2 Å². The molecule has 3 heterocycles. The Morgan fingerprint density at radius 2 is 2.08 bits per heavy atom. The largest absolute Gasteiger partial charge is 0.493 e. The summed E-state index contributed by atoms with van der Waals surface area (Å²) in [6.07, 6.45) is 0.748. The first-order chi connectivity index (χ1) is 11.6. The summed E-state index contributed by atoms with van der Waals surface area (Å²) >= 11 is 3.10. The van der Waals surface area contributed by atoms with Crippen molar-refractivity contribution in [3.63, 3.8) is 0 Å². The zero-order valence-corrected chi connectivity index (χ0v) is 15.1. The molecule has 1 aliphatic rings. The standard InChI is InChI=1S/C17H15NO3S3/c19-24(20,14-3-4-15-12(10-14)5-7-21-15)18-17(13-6-9-22-11-13)16-2-1-8-23-16/h1-4,6,8-11,17-18H,5,7H2/t17-/m0/s1. The molecule has 4 nitrogen and oxygen atoms in total. The predicted molar refractivity (Wildman–Crippen MR) is 96.4 cm³/mol. The zero-order valence-electron chi connectivity index (χ0n) is 12.6. The van der Waals surface area contributed by atoms with E-state index in [4.69, 9.17) is 4.74 Å². The van der Waals surface area contributed by atoms with Crippen LogP contribution < -0.4 is 9.46 Å². The van der Waals surface area contributed by atoms with Gasteiger partial charge in [0.25, 0.3) is 0 Å². The number of hydrogen-bond acceptors (Lipinski definition) is 5. The van der Waals surface area contributed by atoms with E-state index in [0.29, 0.717) is 6.61 Å². The lowest BCUT2D eigenvalue weighted by atomic mass is 10.1. The first kappa shape index (κ1) is 15.8. The minimum Gasteiger partial charge on any atom is -0.493 e. The van der Waals surface area contributed by atoms with Crippen molar-refractivity contribution in [2.45, 2.75) is 17.4 Å². The summed E-state index contributed by atoms with van der Waals surface area (Å²) in [5, 5.41) is 5.89. The molecular formula is C17H15NO3S3. The summed E-state index contributed by atoms with van der Waals surface area (Å²) in [5.74, 6) is 0.779. The molecular weight excluding hydrogens is 362 g/mol. The number of nitrogens with one attached hydrogen (secondary N) is 1. The van der Waals surface area contributed by atoms with Gasteiger partial charge in [0.2, 0.25) is 10.0 Å². The third kappa shape index (κ3) is 3.00. The maximum Gasteiger partial charge on any atom is 0.241 e. The molecule has 124 valence electrons. The van der Waals surface area contributed by atoms with Crippen LogP contribution in [0, 0.1) is 0 Å². The van der Waals surface area contributed by atoms with Crippen LogP contribution in [0.25, 0.3) is 0 Å². The Morgan fingerprint density at radius 1 is 1.17 bits per heavy atom. The van der Waals surface area contributed by atoms with Crippen LogP contribution in [0.4, 0.5) is 0 Å². The first-order valence-corrected chi connectivity index (χ1v) is 10.8. The number of ether oxygens (including phenoxy) is 1. The van der Waals surface area contributed by atoms with Crippen LogP contribution in [0.3, 0.4) is 0 Å². The Hall–Kier alpha value is -1.67. The molecule has 0 bridgehead atoms. The molecule has 0 aliphatic carbocycles. The molecule has 1 atom stereocenters. The molecule has 0 fully saturated rings. The first-order valence-electron chi connectivity index (χ1n) is 7.47. The SMILES string of the molecule is O=S(=O)(N[C@@H](c1ccsc1)c1cccs1)c1ccc2c(c1)CCO2. The molecule has 0 saturated carbocycles. The fraction of sp³-hybridized carbons (Fsp3) is 0.176. The van der Waals surface area contributed by atoms with Gasteiger partial charge >= 0.3 is 0 Å². The Bertz CT molecular complexity index is 897. The van der Waals surface area contributed by atoms with E-state index in [1.54, 1.807) is 40.9 Å². The quantitative estimate of drug-likeness (QED) is 0.736. The van der Waals surface area contributed by atoms with Gasteiger partial charge in [-0.2, -0.15) is 16.1 Å². The Balaban J connectivity index is 1.68. The van der Waals surface area contributed by atoms with Crippen molar-refractivity contribution >= 4 is 32.7 Å². The highest BCUT2D eigenvalue weighted by Crippen LogP contribution is 2.31. The monoisotopic (exact) mass is 377 g/mol. The lowest BCUT2D eigenvalue weighted by Gasteiger charge is -2.17. The third-order valence-electron chi connectivity index (χ3n) is 3.95. The second-order valence-electron chi connectivity index (χ2n) is 5.49. The summed E-state index contributed by atoms with van der Waals surface area (Å²) in [4.78, 5) is 1.25. The van der Waals surface area contributed by atoms with Gasteiger partial charge in [-0.3, -0.25) is 0 Å². The number of benzene rings is 1. The van der Waals surface area contributed by atoms with Crippen molar-refractivity contribution in [1.82, 2.24) is 4.72 Å². The molecule has 0 spiro atoms. The normalized spacial score (nSPS) is 15.0. The lowest BCUT2D eigenvalue weighted by molar-refractivity contribution is 0.356. The molecule has 0 saturated heterocycles. The van der Waals surface area contributed by atoms with Gasteiger partial charge in [0.05, 0.1) is 17.5 Å². The lowest BCUT2D eigenvalue weighted by Crippen LogP contribution is -2.28. The van der Waals surface area contributed by atoms with Crippen LogP contribution in [0.5, 0.6) is 5.75 Å². The Kier molecular flexibility index (Phi) is 4.17. The zero-order chi connectivity index (χ0) is 16.6. The number of thiophene rings is 2. The molecule has 0 radical (unpaired) electrons. The van der Waals surface area contributed by atoms with Crippen molar-refractivity contribution in [2.24, 2.45) is 0 Å².